The van der Waals surface area contributed by atoms with Crippen LogP contribution in [0.5, 0.6) is 0 Å². The molecular weight excluding hydrogens is 211 g/mol. The van der Waals surface area contributed by atoms with Crippen LogP contribution < -0.4 is 5.32 Å². The number of carbonyl (C=O) groups is 1. The van der Waals surface area contributed by atoms with Gasteiger partial charge in [-0.1, -0.05) is 6.07 Å². The lowest BCUT2D eigenvalue weighted by Gasteiger charge is -2.05. The van der Waals surface area contributed by atoms with Crippen LogP contribution in [0.3, 0.4) is 0 Å². The second kappa shape index (κ2) is 6.55. The average Bonchev–Trinajstić information content (AvgIpc) is 2.34. The zero-order chi connectivity index (χ0) is 11.8. The van der Waals surface area contributed by atoms with E-state index in [1.54, 1.807) is 24.4 Å². The number of nitrogens with one attached hydrogen (secondary N) is 1. The maximum atomic E-state index is 11.9. The molecule has 0 fully saturated rings. The summed E-state index contributed by atoms with van der Waals surface area (Å²) in [6.07, 6.45) is 3.10. The SMILES string of the molecule is CO/C(=C/c1ccccn1)C(=O)NCCF. The van der Waals surface area contributed by atoms with Crippen molar-refractivity contribution in [2.45, 2.75) is 0 Å². The summed E-state index contributed by atoms with van der Waals surface area (Å²) in [7, 11) is 1.38. The van der Waals surface area contributed by atoms with Gasteiger partial charge in [-0.15, -0.1) is 0 Å². The van der Waals surface area contributed by atoms with E-state index in [4.69, 9.17) is 4.74 Å². The molecule has 1 amide bonds. The minimum atomic E-state index is -0.605. The lowest BCUT2D eigenvalue weighted by molar-refractivity contribution is -0.120. The number of alkyl halides is 1. The molecule has 1 aromatic heterocycles. The molecule has 0 aliphatic rings. The first-order valence-electron chi connectivity index (χ1n) is 4.79. The Bertz CT molecular complexity index is 366. The van der Waals surface area contributed by atoms with Gasteiger partial charge in [0.1, 0.15) is 6.67 Å². The largest absolute Gasteiger partial charge is 0.491 e. The van der Waals surface area contributed by atoms with E-state index in [0.717, 1.165) is 0 Å². The Morgan fingerprint density at radius 3 is 3.00 bits per heavy atom. The first-order valence-corrected chi connectivity index (χ1v) is 4.79. The number of carbonyl (C=O) groups excluding carboxylic acids is 1. The molecule has 0 atom stereocenters. The van der Waals surface area contributed by atoms with E-state index in [1.165, 1.54) is 13.2 Å². The van der Waals surface area contributed by atoms with E-state index in [-0.39, 0.29) is 12.3 Å². The molecule has 0 saturated carbocycles. The molecule has 0 bridgehead atoms. The van der Waals surface area contributed by atoms with Crippen LogP contribution in [0.4, 0.5) is 4.39 Å². The molecule has 0 saturated heterocycles. The third kappa shape index (κ3) is 3.68. The van der Waals surface area contributed by atoms with Crippen LogP contribution in [0.15, 0.2) is 30.2 Å². The molecule has 0 radical (unpaired) electrons. The molecule has 1 heterocycles. The number of amides is 1. The zero-order valence-corrected chi connectivity index (χ0v) is 8.94. The summed E-state index contributed by atoms with van der Waals surface area (Å²) >= 11 is 0. The third-order valence-electron chi connectivity index (χ3n) is 1.79. The topological polar surface area (TPSA) is 51.2 Å². The highest BCUT2D eigenvalue weighted by Crippen LogP contribution is 2.04. The molecule has 0 aliphatic heterocycles. The molecule has 16 heavy (non-hydrogen) atoms. The quantitative estimate of drug-likeness (QED) is 0.603. The van der Waals surface area contributed by atoms with Crippen molar-refractivity contribution in [3.8, 4) is 0 Å². The number of hydrogen-bond donors (Lipinski definition) is 1. The average molecular weight is 224 g/mol. The van der Waals surface area contributed by atoms with Crippen molar-refractivity contribution in [3.05, 3.63) is 35.8 Å². The molecule has 0 spiro atoms. The lowest BCUT2D eigenvalue weighted by Crippen LogP contribution is -2.27. The van der Waals surface area contributed by atoms with E-state index in [9.17, 15) is 9.18 Å². The fourth-order valence-corrected chi connectivity index (χ4v) is 1.06. The molecule has 5 heteroatoms. The first-order chi connectivity index (χ1) is 7.77. The summed E-state index contributed by atoms with van der Waals surface area (Å²) < 4.78 is 16.8. The van der Waals surface area contributed by atoms with E-state index in [0.29, 0.717) is 5.69 Å². The van der Waals surface area contributed by atoms with Gasteiger partial charge in [-0.25, -0.2) is 4.39 Å². The predicted octanol–water partition coefficient (Wildman–Crippen LogP) is 1.15. The van der Waals surface area contributed by atoms with Crippen molar-refractivity contribution < 1.29 is 13.9 Å². The van der Waals surface area contributed by atoms with E-state index < -0.39 is 12.6 Å². The smallest absolute Gasteiger partial charge is 0.286 e. The number of halogens is 1. The van der Waals surface area contributed by atoms with E-state index in [2.05, 4.69) is 10.3 Å². The maximum absolute atomic E-state index is 11.9. The van der Waals surface area contributed by atoms with Gasteiger partial charge < -0.3 is 10.1 Å². The van der Waals surface area contributed by atoms with Crippen LogP contribution in [0, 0.1) is 0 Å². The van der Waals surface area contributed by atoms with Crippen molar-refractivity contribution in [1.82, 2.24) is 10.3 Å². The fraction of sp³-hybridized carbons (Fsp3) is 0.273. The Labute approximate surface area is 93.1 Å². The summed E-state index contributed by atoms with van der Waals surface area (Å²) in [5, 5.41) is 2.37. The molecule has 0 unspecified atom stereocenters. The standard InChI is InChI=1S/C11H13FN2O2/c1-16-10(11(15)14-7-5-12)8-9-4-2-3-6-13-9/h2-4,6,8H,5,7H2,1H3,(H,14,15)/b10-8+. The maximum Gasteiger partial charge on any atom is 0.286 e. The summed E-state index contributed by atoms with van der Waals surface area (Å²) in [6.45, 7) is -0.631. The Kier molecular flexibility index (Phi) is 4.98. The lowest BCUT2D eigenvalue weighted by atomic mass is 10.3. The van der Waals surface area contributed by atoms with Gasteiger partial charge in [-0.2, -0.15) is 0 Å². The molecule has 1 N–H and O–H groups in total. The minimum Gasteiger partial charge on any atom is -0.491 e. The Balaban J connectivity index is 2.74. The normalized spacial score (nSPS) is 11.0. The van der Waals surface area contributed by atoms with Crippen LogP contribution in [0.1, 0.15) is 5.69 Å². The highest BCUT2D eigenvalue weighted by atomic mass is 19.1. The monoisotopic (exact) mass is 224 g/mol. The van der Waals surface area contributed by atoms with Crippen molar-refractivity contribution in [2.75, 3.05) is 20.3 Å². The van der Waals surface area contributed by atoms with Gasteiger partial charge in [0.2, 0.25) is 0 Å². The number of ether oxygens (including phenoxy) is 1. The highest BCUT2D eigenvalue weighted by Gasteiger charge is 2.08. The number of rotatable bonds is 5. The molecule has 1 aromatic rings. The van der Waals surface area contributed by atoms with Crippen molar-refractivity contribution in [1.29, 1.82) is 0 Å². The Hall–Kier alpha value is -1.91. The number of hydrogen-bond acceptors (Lipinski definition) is 3. The zero-order valence-electron chi connectivity index (χ0n) is 8.94. The van der Waals surface area contributed by atoms with Crippen molar-refractivity contribution in [3.63, 3.8) is 0 Å². The second-order valence-electron chi connectivity index (χ2n) is 2.91. The molecule has 86 valence electrons. The minimum absolute atomic E-state index is 0.0260. The van der Waals surface area contributed by atoms with Crippen LogP contribution in [-0.4, -0.2) is 31.2 Å². The first kappa shape index (κ1) is 12.2. The van der Waals surface area contributed by atoms with Gasteiger partial charge in [0.05, 0.1) is 12.8 Å². The van der Waals surface area contributed by atoms with Crippen LogP contribution >= 0.6 is 0 Å². The summed E-state index contributed by atoms with van der Waals surface area (Å²) in [5.74, 6) is -0.349. The van der Waals surface area contributed by atoms with Gasteiger partial charge in [-0.3, -0.25) is 9.78 Å². The summed E-state index contributed by atoms with van der Waals surface area (Å²) in [6, 6.07) is 5.31. The number of nitrogens with zero attached hydrogens (tertiary/aromatic N) is 1. The molecule has 0 aliphatic carbocycles. The van der Waals surface area contributed by atoms with Crippen LogP contribution in [0.2, 0.25) is 0 Å². The van der Waals surface area contributed by atoms with Crippen LogP contribution in [0.25, 0.3) is 6.08 Å². The van der Waals surface area contributed by atoms with E-state index >= 15 is 0 Å². The van der Waals surface area contributed by atoms with Gasteiger partial charge in [-0.05, 0) is 12.1 Å². The molecule has 0 aromatic carbocycles. The van der Waals surface area contributed by atoms with Gasteiger partial charge in [0.15, 0.2) is 5.76 Å². The van der Waals surface area contributed by atoms with E-state index in [1.807, 2.05) is 0 Å². The van der Waals surface area contributed by atoms with Crippen molar-refractivity contribution >= 4 is 12.0 Å². The van der Waals surface area contributed by atoms with Gasteiger partial charge in [0, 0.05) is 18.8 Å². The van der Waals surface area contributed by atoms with Crippen LogP contribution in [-0.2, 0) is 9.53 Å². The van der Waals surface area contributed by atoms with Crippen molar-refractivity contribution in [2.24, 2.45) is 0 Å². The van der Waals surface area contributed by atoms with Gasteiger partial charge >= 0.3 is 0 Å². The molecule has 4 nitrogen and oxygen atoms in total. The summed E-state index contributed by atoms with van der Waals surface area (Å²) in [5.41, 5.74) is 0.606. The second-order valence-corrected chi connectivity index (χ2v) is 2.91. The molecule has 1 rings (SSSR count). The summed E-state index contributed by atoms with van der Waals surface area (Å²) in [4.78, 5) is 15.5. The predicted molar refractivity (Wildman–Crippen MR) is 58.2 cm³/mol. The Morgan fingerprint density at radius 2 is 2.44 bits per heavy atom. The number of methoxy groups -OCH3 is 1. The number of aromatic nitrogens is 1. The Morgan fingerprint density at radius 1 is 1.62 bits per heavy atom. The molecular formula is C11H13FN2O2. The highest BCUT2D eigenvalue weighted by molar-refractivity contribution is 5.95. The van der Waals surface area contributed by atoms with Gasteiger partial charge in [0.25, 0.3) is 5.91 Å². The third-order valence-corrected chi connectivity index (χ3v) is 1.79. The fourth-order valence-electron chi connectivity index (χ4n) is 1.06. The number of pyridine rings is 1.